The summed E-state index contributed by atoms with van der Waals surface area (Å²) in [5.74, 6) is 1.89. The van der Waals surface area contributed by atoms with Crippen molar-refractivity contribution < 1.29 is 9.53 Å². The topological polar surface area (TPSA) is 41.6 Å². The lowest BCUT2D eigenvalue weighted by atomic mass is 10.1. The molecule has 2 aliphatic carbocycles. The molecule has 0 spiro atoms. The number of carbonyl (C=O) groups excluding carboxylic acids is 1. The van der Waals surface area contributed by atoms with Crippen molar-refractivity contribution in [2.45, 2.75) is 83.4 Å². The van der Waals surface area contributed by atoms with Crippen LogP contribution in [0.2, 0.25) is 0 Å². The first-order valence-electron chi connectivity index (χ1n) is 9.17. The van der Waals surface area contributed by atoms with Crippen LogP contribution in [0.5, 0.6) is 0 Å². The van der Waals surface area contributed by atoms with Crippen molar-refractivity contribution in [2.24, 2.45) is 11.8 Å². The molecular weight excluding hydrogens is 276 g/mol. The van der Waals surface area contributed by atoms with Crippen LogP contribution in [0.4, 0.5) is 4.79 Å². The highest BCUT2D eigenvalue weighted by Gasteiger charge is 2.41. The summed E-state index contributed by atoms with van der Waals surface area (Å²) in [6.07, 6.45) is 8.84. The molecule has 0 bridgehead atoms. The van der Waals surface area contributed by atoms with Crippen LogP contribution < -0.4 is 5.32 Å². The molecule has 3 rings (SSSR count). The third kappa shape index (κ3) is 4.37. The lowest BCUT2D eigenvalue weighted by Gasteiger charge is -2.29. The summed E-state index contributed by atoms with van der Waals surface area (Å²) in [7, 11) is 0. The number of nitrogens with zero attached hydrogens (tertiary/aromatic N) is 1. The van der Waals surface area contributed by atoms with Gasteiger partial charge in [0.1, 0.15) is 5.60 Å². The average Bonchev–Trinajstić information content (AvgIpc) is 3.32. The summed E-state index contributed by atoms with van der Waals surface area (Å²) in [4.78, 5) is 14.2. The fourth-order valence-corrected chi connectivity index (χ4v) is 3.74. The van der Waals surface area contributed by atoms with Crippen LogP contribution in [0.15, 0.2) is 0 Å². The fourth-order valence-electron chi connectivity index (χ4n) is 3.74. The van der Waals surface area contributed by atoms with Crippen molar-refractivity contribution in [3.05, 3.63) is 0 Å². The number of amides is 1. The van der Waals surface area contributed by atoms with Crippen LogP contribution >= 0.6 is 0 Å². The molecule has 4 nitrogen and oxygen atoms in total. The summed E-state index contributed by atoms with van der Waals surface area (Å²) in [5.41, 5.74) is -0.397. The van der Waals surface area contributed by atoms with E-state index in [0.717, 1.165) is 50.2 Å². The number of nitrogens with one attached hydrogen (secondary N) is 1. The number of hydrogen-bond donors (Lipinski definition) is 1. The normalized spacial score (nSPS) is 25.8. The molecule has 0 aromatic heterocycles. The number of hydrogen-bond acceptors (Lipinski definition) is 3. The molecule has 3 fully saturated rings. The van der Waals surface area contributed by atoms with E-state index >= 15 is 0 Å². The van der Waals surface area contributed by atoms with Crippen LogP contribution in [0.25, 0.3) is 0 Å². The lowest BCUT2D eigenvalue weighted by Crippen LogP contribution is -2.42. The lowest BCUT2D eigenvalue weighted by molar-refractivity contribution is 0.0220. The molecule has 22 heavy (non-hydrogen) atoms. The molecule has 1 heterocycles. The standard InChI is InChI=1S/C18H32N2O2/c1-18(2,3)22-17(21)20-12-4-5-15(20)10-11-19-16(13-6-7-13)14-8-9-14/h13-16,19H,4-12H2,1-3H3. The zero-order chi connectivity index (χ0) is 15.7. The van der Waals surface area contributed by atoms with E-state index in [1.54, 1.807) is 0 Å². The number of ether oxygens (including phenoxy) is 1. The van der Waals surface area contributed by atoms with E-state index in [0.29, 0.717) is 6.04 Å². The Morgan fingerprint density at radius 2 is 1.82 bits per heavy atom. The fraction of sp³-hybridized carbons (Fsp3) is 0.944. The Bertz CT molecular complexity index is 384. The minimum Gasteiger partial charge on any atom is -0.444 e. The molecule has 1 saturated heterocycles. The third-order valence-electron chi connectivity index (χ3n) is 5.12. The SMILES string of the molecule is CC(C)(C)OC(=O)N1CCCC1CCNC(C1CC1)C1CC1. The highest BCUT2D eigenvalue weighted by Crippen LogP contribution is 2.44. The summed E-state index contributed by atoms with van der Waals surface area (Å²) in [5, 5.41) is 3.80. The van der Waals surface area contributed by atoms with Crippen molar-refractivity contribution in [1.82, 2.24) is 10.2 Å². The second kappa shape index (κ2) is 6.38. The van der Waals surface area contributed by atoms with Crippen LogP contribution in [0.3, 0.4) is 0 Å². The van der Waals surface area contributed by atoms with Gasteiger partial charge in [0.05, 0.1) is 0 Å². The largest absolute Gasteiger partial charge is 0.444 e. The number of carbonyl (C=O) groups is 1. The van der Waals surface area contributed by atoms with E-state index in [9.17, 15) is 4.79 Å². The van der Waals surface area contributed by atoms with Gasteiger partial charge in [-0.1, -0.05) is 0 Å². The van der Waals surface area contributed by atoms with Crippen LogP contribution in [0.1, 0.15) is 65.7 Å². The molecule has 0 aromatic carbocycles. The zero-order valence-electron chi connectivity index (χ0n) is 14.4. The summed E-state index contributed by atoms with van der Waals surface area (Å²) in [6.45, 7) is 7.71. The molecule has 0 radical (unpaired) electrons. The molecule has 126 valence electrons. The maximum Gasteiger partial charge on any atom is 0.410 e. The van der Waals surface area contributed by atoms with Gasteiger partial charge in [0.25, 0.3) is 0 Å². The highest BCUT2D eigenvalue weighted by molar-refractivity contribution is 5.68. The van der Waals surface area contributed by atoms with E-state index in [2.05, 4.69) is 5.32 Å². The third-order valence-corrected chi connectivity index (χ3v) is 5.12. The minimum absolute atomic E-state index is 0.129. The highest BCUT2D eigenvalue weighted by atomic mass is 16.6. The van der Waals surface area contributed by atoms with Crippen molar-refractivity contribution in [2.75, 3.05) is 13.1 Å². The number of rotatable bonds is 6. The summed E-state index contributed by atoms with van der Waals surface area (Å²) < 4.78 is 5.54. The first-order chi connectivity index (χ1) is 10.4. The first-order valence-corrected chi connectivity index (χ1v) is 9.17. The van der Waals surface area contributed by atoms with Gasteiger partial charge in [-0.15, -0.1) is 0 Å². The summed E-state index contributed by atoms with van der Waals surface area (Å²) in [6, 6.07) is 1.12. The number of likely N-dealkylation sites (tertiary alicyclic amines) is 1. The monoisotopic (exact) mass is 308 g/mol. The first kappa shape index (κ1) is 16.1. The molecule has 1 amide bonds. The quantitative estimate of drug-likeness (QED) is 0.816. The molecule has 0 aromatic rings. The molecular formula is C18H32N2O2. The van der Waals surface area contributed by atoms with Gasteiger partial charge in [-0.25, -0.2) is 4.79 Å². The Morgan fingerprint density at radius 3 is 2.36 bits per heavy atom. The van der Waals surface area contributed by atoms with Crippen molar-refractivity contribution in [1.29, 1.82) is 0 Å². The maximum absolute atomic E-state index is 12.3. The summed E-state index contributed by atoms with van der Waals surface area (Å²) >= 11 is 0. The predicted octanol–water partition coefficient (Wildman–Crippen LogP) is 3.55. The van der Waals surface area contributed by atoms with Gasteiger partial charge >= 0.3 is 6.09 Å². The average molecular weight is 308 g/mol. The molecule has 2 saturated carbocycles. The predicted molar refractivity (Wildman–Crippen MR) is 87.8 cm³/mol. The Kier molecular flexibility index (Phi) is 4.67. The molecule has 1 unspecified atom stereocenters. The van der Waals surface area contributed by atoms with E-state index < -0.39 is 5.60 Å². The van der Waals surface area contributed by atoms with Gasteiger partial charge in [-0.05, 0) is 84.1 Å². The molecule has 1 atom stereocenters. The molecule has 1 aliphatic heterocycles. The van der Waals surface area contributed by atoms with Gasteiger partial charge in [-0.2, -0.15) is 0 Å². The van der Waals surface area contributed by atoms with Crippen LogP contribution in [-0.4, -0.2) is 41.8 Å². The van der Waals surface area contributed by atoms with Gasteiger partial charge in [0.2, 0.25) is 0 Å². The van der Waals surface area contributed by atoms with Gasteiger partial charge in [-0.3, -0.25) is 0 Å². The molecule has 4 heteroatoms. The smallest absolute Gasteiger partial charge is 0.410 e. The Hall–Kier alpha value is -0.770. The van der Waals surface area contributed by atoms with Crippen molar-refractivity contribution in [3.63, 3.8) is 0 Å². The molecule has 1 N–H and O–H groups in total. The molecule has 3 aliphatic rings. The van der Waals surface area contributed by atoms with E-state index in [1.807, 2.05) is 25.7 Å². The second-order valence-electron chi connectivity index (χ2n) is 8.41. The Morgan fingerprint density at radius 1 is 1.18 bits per heavy atom. The Labute approximate surface area is 135 Å². The van der Waals surface area contributed by atoms with Crippen molar-refractivity contribution >= 4 is 6.09 Å². The van der Waals surface area contributed by atoms with E-state index in [4.69, 9.17) is 4.74 Å². The maximum atomic E-state index is 12.3. The van der Waals surface area contributed by atoms with Gasteiger partial charge < -0.3 is 15.0 Å². The van der Waals surface area contributed by atoms with Gasteiger partial charge in [0, 0.05) is 18.6 Å². The zero-order valence-corrected chi connectivity index (χ0v) is 14.4. The van der Waals surface area contributed by atoms with Gasteiger partial charge in [0.15, 0.2) is 0 Å². The van der Waals surface area contributed by atoms with Crippen LogP contribution in [-0.2, 0) is 4.74 Å². The minimum atomic E-state index is -0.397. The van der Waals surface area contributed by atoms with Crippen molar-refractivity contribution in [3.8, 4) is 0 Å². The van der Waals surface area contributed by atoms with Crippen LogP contribution in [0, 0.1) is 11.8 Å². The Balaban J connectivity index is 1.43. The second-order valence-corrected chi connectivity index (χ2v) is 8.41. The van der Waals surface area contributed by atoms with E-state index in [1.165, 1.54) is 25.7 Å². The van der Waals surface area contributed by atoms with E-state index in [-0.39, 0.29) is 6.09 Å².